The monoisotopic (exact) mass is 131 g/mol. The van der Waals surface area contributed by atoms with E-state index < -0.39 is 6.29 Å². The Morgan fingerprint density at radius 3 is 3.00 bits per heavy atom. The standard InChI is InChI=1S/C6H13NO2/c1-2-7-5-3-4-9-6(5)8/h5-8H,2-4H2,1H3/t5-,6?/m0/s1. The summed E-state index contributed by atoms with van der Waals surface area (Å²) in [6, 6.07) is 0.162. The zero-order valence-electron chi connectivity index (χ0n) is 5.63. The van der Waals surface area contributed by atoms with Crippen molar-refractivity contribution in [1.29, 1.82) is 0 Å². The number of nitrogens with one attached hydrogen (secondary N) is 1. The molecule has 1 saturated heterocycles. The lowest BCUT2D eigenvalue weighted by Gasteiger charge is -2.12. The van der Waals surface area contributed by atoms with Gasteiger partial charge in [0.2, 0.25) is 0 Å². The predicted octanol–water partition coefficient (Wildman–Crippen LogP) is -0.297. The van der Waals surface area contributed by atoms with Gasteiger partial charge in [-0.2, -0.15) is 0 Å². The van der Waals surface area contributed by atoms with Crippen LogP contribution in [0.25, 0.3) is 0 Å². The molecule has 1 heterocycles. The molecule has 0 saturated carbocycles. The van der Waals surface area contributed by atoms with E-state index in [0.29, 0.717) is 6.61 Å². The molecule has 0 aromatic carbocycles. The average Bonchev–Trinajstić information content (AvgIpc) is 2.18. The summed E-state index contributed by atoms with van der Waals surface area (Å²) in [5.74, 6) is 0. The van der Waals surface area contributed by atoms with Crippen molar-refractivity contribution in [3.63, 3.8) is 0 Å². The van der Waals surface area contributed by atoms with Crippen molar-refractivity contribution in [3.05, 3.63) is 0 Å². The number of rotatable bonds is 2. The summed E-state index contributed by atoms with van der Waals surface area (Å²) in [6.45, 7) is 3.59. The van der Waals surface area contributed by atoms with E-state index in [9.17, 15) is 0 Å². The normalized spacial score (nSPS) is 35.3. The quantitative estimate of drug-likeness (QED) is 0.540. The first-order chi connectivity index (χ1) is 4.34. The van der Waals surface area contributed by atoms with E-state index >= 15 is 0 Å². The molecule has 9 heavy (non-hydrogen) atoms. The molecule has 0 spiro atoms. The molecule has 3 nitrogen and oxygen atoms in total. The van der Waals surface area contributed by atoms with Crippen molar-refractivity contribution < 1.29 is 9.84 Å². The highest BCUT2D eigenvalue weighted by atomic mass is 16.6. The molecule has 1 unspecified atom stereocenters. The van der Waals surface area contributed by atoms with Gasteiger partial charge in [-0.25, -0.2) is 0 Å². The Kier molecular flexibility index (Phi) is 2.45. The summed E-state index contributed by atoms with van der Waals surface area (Å²) in [7, 11) is 0. The zero-order chi connectivity index (χ0) is 6.69. The Labute approximate surface area is 55.0 Å². The number of ether oxygens (including phenoxy) is 1. The fraction of sp³-hybridized carbons (Fsp3) is 1.00. The Hall–Kier alpha value is -0.120. The number of aliphatic hydroxyl groups is 1. The highest BCUT2D eigenvalue weighted by molar-refractivity contribution is 4.73. The molecule has 0 aromatic heterocycles. The SMILES string of the molecule is CCN[C@H]1CCOC1O. The second-order valence-electron chi connectivity index (χ2n) is 2.21. The molecule has 1 aliphatic heterocycles. The van der Waals surface area contributed by atoms with Crippen molar-refractivity contribution in [2.75, 3.05) is 13.2 Å². The van der Waals surface area contributed by atoms with Crippen LogP contribution in [0.2, 0.25) is 0 Å². The molecule has 1 fully saturated rings. The molecular formula is C6H13NO2. The Morgan fingerprint density at radius 1 is 1.78 bits per heavy atom. The fourth-order valence-corrected chi connectivity index (χ4v) is 1.04. The summed E-state index contributed by atoms with van der Waals surface area (Å²) < 4.78 is 4.91. The van der Waals surface area contributed by atoms with Crippen LogP contribution >= 0.6 is 0 Å². The molecule has 3 heteroatoms. The van der Waals surface area contributed by atoms with Crippen LogP contribution in [0.4, 0.5) is 0 Å². The molecule has 2 N–H and O–H groups in total. The first-order valence-electron chi connectivity index (χ1n) is 3.37. The highest BCUT2D eigenvalue weighted by Gasteiger charge is 2.24. The van der Waals surface area contributed by atoms with E-state index in [2.05, 4.69) is 5.32 Å². The second-order valence-corrected chi connectivity index (χ2v) is 2.21. The molecule has 2 atom stereocenters. The van der Waals surface area contributed by atoms with Crippen LogP contribution in [0, 0.1) is 0 Å². The van der Waals surface area contributed by atoms with Gasteiger partial charge in [0.25, 0.3) is 0 Å². The van der Waals surface area contributed by atoms with Gasteiger partial charge < -0.3 is 15.2 Å². The summed E-state index contributed by atoms with van der Waals surface area (Å²) >= 11 is 0. The molecule has 0 bridgehead atoms. The van der Waals surface area contributed by atoms with Crippen LogP contribution in [0.1, 0.15) is 13.3 Å². The van der Waals surface area contributed by atoms with E-state index in [-0.39, 0.29) is 6.04 Å². The summed E-state index contributed by atoms with van der Waals surface area (Å²) in [4.78, 5) is 0. The van der Waals surface area contributed by atoms with E-state index in [4.69, 9.17) is 9.84 Å². The maximum Gasteiger partial charge on any atom is 0.169 e. The molecule has 1 rings (SSSR count). The third-order valence-corrected chi connectivity index (χ3v) is 1.53. The third-order valence-electron chi connectivity index (χ3n) is 1.53. The van der Waals surface area contributed by atoms with Crippen molar-refractivity contribution in [2.24, 2.45) is 0 Å². The van der Waals surface area contributed by atoms with Gasteiger partial charge in [-0.1, -0.05) is 6.92 Å². The largest absolute Gasteiger partial charge is 0.367 e. The van der Waals surface area contributed by atoms with Crippen molar-refractivity contribution >= 4 is 0 Å². The van der Waals surface area contributed by atoms with Crippen LogP contribution in [0.15, 0.2) is 0 Å². The maximum atomic E-state index is 9.04. The Bertz CT molecular complexity index is 87.1. The molecular weight excluding hydrogens is 118 g/mol. The van der Waals surface area contributed by atoms with Crippen molar-refractivity contribution in [2.45, 2.75) is 25.7 Å². The second kappa shape index (κ2) is 3.15. The van der Waals surface area contributed by atoms with E-state index in [1.165, 1.54) is 0 Å². The minimum atomic E-state index is -0.579. The lowest BCUT2D eigenvalue weighted by molar-refractivity contribution is -0.0714. The average molecular weight is 131 g/mol. The first kappa shape index (κ1) is 6.99. The van der Waals surface area contributed by atoms with Gasteiger partial charge in [0.15, 0.2) is 6.29 Å². The van der Waals surface area contributed by atoms with Gasteiger partial charge in [0.1, 0.15) is 0 Å². The first-order valence-corrected chi connectivity index (χ1v) is 3.37. The lowest BCUT2D eigenvalue weighted by Crippen LogP contribution is -2.35. The van der Waals surface area contributed by atoms with E-state index in [1.807, 2.05) is 6.92 Å². The van der Waals surface area contributed by atoms with Crippen molar-refractivity contribution in [1.82, 2.24) is 5.32 Å². The maximum absolute atomic E-state index is 9.04. The Morgan fingerprint density at radius 2 is 2.56 bits per heavy atom. The minimum absolute atomic E-state index is 0.162. The summed E-state index contributed by atoms with van der Waals surface area (Å²) in [5, 5.41) is 12.2. The minimum Gasteiger partial charge on any atom is -0.367 e. The van der Waals surface area contributed by atoms with Crippen LogP contribution in [-0.2, 0) is 4.74 Å². The lowest BCUT2D eigenvalue weighted by atomic mass is 10.2. The number of hydrogen-bond donors (Lipinski definition) is 2. The van der Waals surface area contributed by atoms with Gasteiger partial charge in [0.05, 0.1) is 12.6 Å². The predicted molar refractivity (Wildman–Crippen MR) is 34.0 cm³/mol. The van der Waals surface area contributed by atoms with Crippen LogP contribution < -0.4 is 5.32 Å². The van der Waals surface area contributed by atoms with E-state index in [1.54, 1.807) is 0 Å². The van der Waals surface area contributed by atoms with Gasteiger partial charge in [0, 0.05) is 0 Å². The molecule has 0 aliphatic carbocycles. The summed E-state index contributed by atoms with van der Waals surface area (Å²) in [5.41, 5.74) is 0. The highest BCUT2D eigenvalue weighted by Crippen LogP contribution is 2.09. The van der Waals surface area contributed by atoms with Crippen LogP contribution in [0.3, 0.4) is 0 Å². The molecule has 0 radical (unpaired) electrons. The van der Waals surface area contributed by atoms with Gasteiger partial charge in [-0.15, -0.1) is 0 Å². The Balaban J connectivity index is 2.22. The molecule has 1 aliphatic rings. The van der Waals surface area contributed by atoms with Gasteiger partial charge in [-0.3, -0.25) is 0 Å². The topological polar surface area (TPSA) is 41.5 Å². The summed E-state index contributed by atoms with van der Waals surface area (Å²) in [6.07, 6.45) is 0.347. The zero-order valence-corrected chi connectivity index (χ0v) is 5.63. The van der Waals surface area contributed by atoms with Crippen LogP contribution in [-0.4, -0.2) is 30.6 Å². The third kappa shape index (κ3) is 1.64. The smallest absolute Gasteiger partial charge is 0.169 e. The molecule has 54 valence electrons. The van der Waals surface area contributed by atoms with Crippen molar-refractivity contribution in [3.8, 4) is 0 Å². The van der Waals surface area contributed by atoms with Gasteiger partial charge in [-0.05, 0) is 13.0 Å². The van der Waals surface area contributed by atoms with Crippen LogP contribution in [0.5, 0.6) is 0 Å². The number of aliphatic hydroxyl groups excluding tert-OH is 1. The number of hydrogen-bond acceptors (Lipinski definition) is 3. The molecule has 0 amide bonds. The van der Waals surface area contributed by atoms with Gasteiger partial charge >= 0.3 is 0 Å². The number of likely N-dealkylation sites (N-methyl/N-ethyl adjacent to an activating group) is 1. The van der Waals surface area contributed by atoms with E-state index in [0.717, 1.165) is 13.0 Å². The molecule has 0 aromatic rings. The fourth-order valence-electron chi connectivity index (χ4n) is 1.04.